The molecule has 2 aromatic rings. The Morgan fingerprint density at radius 3 is 2.54 bits per heavy atom. The summed E-state index contributed by atoms with van der Waals surface area (Å²) < 4.78 is 27.0. The zero-order chi connectivity index (χ0) is 18.7. The maximum atomic E-state index is 13.5. The standard InChI is InChI=1S/C17H18F2N4O2S/c18-10-4-9(5-11(19)6-10)14-7-13(23-17(20)25)15(26-14)16(24)22-12-2-1-3-21-8-12/h4-7,12,21H,1-3,8H2,(H,22,24)(H3,20,23,25)/t12-/m1/s1. The summed E-state index contributed by atoms with van der Waals surface area (Å²) in [4.78, 5) is 24.5. The number of piperidine rings is 1. The van der Waals surface area contributed by atoms with Gasteiger partial charge in [-0.1, -0.05) is 0 Å². The van der Waals surface area contributed by atoms with Crippen LogP contribution in [0.1, 0.15) is 22.5 Å². The van der Waals surface area contributed by atoms with Crippen molar-refractivity contribution in [3.8, 4) is 10.4 Å². The Hall–Kier alpha value is -2.52. The lowest BCUT2D eigenvalue weighted by atomic mass is 10.1. The maximum absolute atomic E-state index is 13.5. The molecule has 1 aliphatic heterocycles. The first kappa shape index (κ1) is 18.3. The lowest BCUT2D eigenvalue weighted by molar-refractivity contribution is 0.0935. The zero-order valence-corrected chi connectivity index (χ0v) is 14.6. The van der Waals surface area contributed by atoms with E-state index < -0.39 is 17.7 Å². The minimum atomic E-state index is -0.826. The molecule has 138 valence electrons. The number of halogens is 2. The molecule has 1 atom stereocenters. The Bertz CT molecular complexity index is 814. The van der Waals surface area contributed by atoms with E-state index in [0.717, 1.165) is 48.9 Å². The van der Waals surface area contributed by atoms with Crippen molar-refractivity contribution in [3.63, 3.8) is 0 Å². The lowest BCUT2D eigenvalue weighted by Crippen LogP contribution is -2.45. The van der Waals surface area contributed by atoms with Crippen molar-refractivity contribution >= 4 is 29.0 Å². The summed E-state index contributed by atoms with van der Waals surface area (Å²) in [6, 6.07) is 3.73. The topological polar surface area (TPSA) is 96.2 Å². The summed E-state index contributed by atoms with van der Waals surface area (Å²) in [6.45, 7) is 1.58. The normalized spacial score (nSPS) is 16.9. The third kappa shape index (κ3) is 4.36. The lowest BCUT2D eigenvalue weighted by Gasteiger charge is -2.23. The number of carbonyl (C=O) groups excluding carboxylic acids is 2. The molecular formula is C17H18F2N4O2S. The van der Waals surface area contributed by atoms with E-state index in [1.54, 1.807) is 0 Å². The van der Waals surface area contributed by atoms with Gasteiger partial charge < -0.3 is 21.7 Å². The van der Waals surface area contributed by atoms with Crippen molar-refractivity contribution in [2.24, 2.45) is 5.73 Å². The van der Waals surface area contributed by atoms with Crippen LogP contribution in [0.15, 0.2) is 24.3 Å². The predicted octanol–water partition coefficient (Wildman–Crippen LogP) is 2.67. The van der Waals surface area contributed by atoms with Crippen LogP contribution in [0.25, 0.3) is 10.4 Å². The summed E-state index contributed by atoms with van der Waals surface area (Å²) in [5.41, 5.74) is 5.65. The van der Waals surface area contributed by atoms with Gasteiger partial charge in [0.05, 0.1) is 5.69 Å². The van der Waals surface area contributed by atoms with Crippen molar-refractivity contribution in [3.05, 3.63) is 40.8 Å². The molecule has 6 nitrogen and oxygen atoms in total. The average molecular weight is 380 g/mol. The van der Waals surface area contributed by atoms with Gasteiger partial charge in [-0.15, -0.1) is 11.3 Å². The van der Waals surface area contributed by atoms with Gasteiger partial charge in [0.25, 0.3) is 5.91 Å². The van der Waals surface area contributed by atoms with Crippen LogP contribution in [0.4, 0.5) is 19.3 Å². The highest BCUT2D eigenvalue weighted by molar-refractivity contribution is 7.18. The fraction of sp³-hybridized carbons (Fsp3) is 0.294. The highest BCUT2D eigenvalue weighted by Crippen LogP contribution is 2.35. The van der Waals surface area contributed by atoms with Gasteiger partial charge in [-0.2, -0.15) is 0 Å². The molecule has 1 aromatic carbocycles. The number of nitrogens with one attached hydrogen (secondary N) is 3. The number of anilines is 1. The second kappa shape index (κ2) is 7.79. The summed E-state index contributed by atoms with van der Waals surface area (Å²) in [6.07, 6.45) is 1.81. The number of nitrogens with two attached hydrogens (primary N) is 1. The molecule has 3 amide bonds. The van der Waals surface area contributed by atoms with Crippen LogP contribution in [0.3, 0.4) is 0 Å². The number of primary amides is 1. The van der Waals surface area contributed by atoms with Crippen LogP contribution in [0, 0.1) is 11.6 Å². The van der Waals surface area contributed by atoms with Crippen LogP contribution in [0.5, 0.6) is 0 Å². The van der Waals surface area contributed by atoms with E-state index in [1.807, 2.05) is 0 Å². The summed E-state index contributed by atoms with van der Waals surface area (Å²) in [7, 11) is 0. The number of rotatable bonds is 4. The van der Waals surface area contributed by atoms with Crippen LogP contribution in [-0.2, 0) is 0 Å². The third-order valence-corrected chi connectivity index (χ3v) is 5.16. The predicted molar refractivity (Wildman–Crippen MR) is 96.2 cm³/mol. The first-order chi connectivity index (χ1) is 12.4. The number of benzene rings is 1. The van der Waals surface area contributed by atoms with Gasteiger partial charge in [0.15, 0.2) is 0 Å². The number of thiophene rings is 1. The highest BCUT2D eigenvalue weighted by Gasteiger charge is 2.22. The smallest absolute Gasteiger partial charge is 0.316 e. The molecule has 5 N–H and O–H groups in total. The Kier molecular flexibility index (Phi) is 5.48. The van der Waals surface area contributed by atoms with Crippen molar-refractivity contribution in [1.29, 1.82) is 0 Å². The maximum Gasteiger partial charge on any atom is 0.316 e. The minimum Gasteiger partial charge on any atom is -0.351 e. The second-order valence-electron chi connectivity index (χ2n) is 6.02. The van der Waals surface area contributed by atoms with Crippen LogP contribution in [-0.4, -0.2) is 31.1 Å². The van der Waals surface area contributed by atoms with Gasteiger partial charge in [-0.3, -0.25) is 4.79 Å². The Morgan fingerprint density at radius 2 is 1.92 bits per heavy atom. The number of hydrogen-bond acceptors (Lipinski definition) is 4. The van der Waals surface area contributed by atoms with Crippen LogP contribution in [0.2, 0.25) is 0 Å². The number of hydrogen-bond donors (Lipinski definition) is 4. The molecular weight excluding hydrogens is 362 g/mol. The van der Waals surface area contributed by atoms with Crippen molar-refractivity contribution in [2.75, 3.05) is 18.4 Å². The van der Waals surface area contributed by atoms with Crippen LogP contribution < -0.4 is 21.7 Å². The fourth-order valence-electron chi connectivity index (χ4n) is 2.85. The van der Waals surface area contributed by atoms with Gasteiger partial charge in [0.1, 0.15) is 16.5 Å². The summed E-state index contributed by atoms with van der Waals surface area (Å²) >= 11 is 1.03. The molecule has 1 aliphatic rings. The molecule has 0 radical (unpaired) electrons. The minimum absolute atomic E-state index is 0.0187. The quantitative estimate of drug-likeness (QED) is 0.657. The fourth-order valence-corrected chi connectivity index (χ4v) is 3.85. The molecule has 2 heterocycles. The molecule has 1 fully saturated rings. The van der Waals surface area contributed by atoms with E-state index in [0.29, 0.717) is 11.4 Å². The number of urea groups is 1. The SMILES string of the molecule is NC(=O)Nc1cc(-c2cc(F)cc(F)c2)sc1C(=O)N[C@@H]1CCCNC1. The summed E-state index contributed by atoms with van der Waals surface area (Å²) in [5.74, 6) is -1.82. The molecule has 26 heavy (non-hydrogen) atoms. The molecule has 0 bridgehead atoms. The molecule has 0 aliphatic carbocycles. The molecule has 0 saturated carbocycles. The van der Waals surface area contributed by atoms with E-state index in [2.05, 4.69) is 16.0 Å². The van der Waals surface area contributed by atoms with Crippen LogP contribution >= 0.6 is 11.3 Å². The van der Waals surface area contributed by atoms with Crippen molar-refractivity contribution in [1.82, 2.24) is 10.6 Å². The Morgan fingerprint density at radius 1 is 1.19 bits per heavy atom. The van der Waals surface area contributed by atoms with Gasteiger partial charge in [-0.25, -0.2) is 13.6 Å². The first-order valence-corrected chi connectivity index (χ1v) is 8.92. The summed E-state index contributed by atoms with van der Waals surface area (Å²) in [5, 5.41) is 8.50. The monoisotopic (exact) mass is 380 g/mol. The third-order valence-electron chi connectivity index (χ3n) is 3.98. The van der Waals surface area contributed by atoms with E-state index in [9.17, 15) is 18.4 Å². The Balaban J connectivity index is 1.90. The Labute approximate surface area is 152 Å². The average Bonchev–Trinajstić information content (AvgIpc) is 2.98. The molecule has 1 aromatic heterocycles. The molecule has 0 unspecified atom stereocenters. The van der Waals surface area contributed by atoms with E-state index in [1.165, 1.54) is 6.07 Å². The first-order valence-electron chi connectivity index (χ1n) is 8.10. The second-order valence-corrected chi connectivity index (χ2v) is 7.07. The van der Waals surface area contributed by atoms with E-state index >= 15 is 0 Å². The largest absolute Gasteiger partial charge is 0.351 e. The van der Waals surface area contributed by atoms with Gasteiger partial charge in [-0.05, 0) is 43.1 Å². The van der Waals surface area contributed by atoms with E-state index in [4.69, 9.17) is 5.73 Å². The molecule has 9 heteroatoms. The molecule has 0 spiro atoms. The number of carbonyl (C=O) groups is 2. The number of amides is 3. The molecule has 3 rings (SSSR count). The zero-order valence-electron chi connectivity index (χ0n) is 13.8. The van der Waals surface area contributed by atoms with Gasteiger partial charge in [0.2, 0.25) is 0 Å². The van der Waals surface area contributed by atoms with Crippen molar-refractivity contribution in [2.45, 2.75) is 18.9 Å². The highest BCUT2D eigenvalue weighted by atomic mass is 32.1. The van der Waals surface area contributed by atoms with Gasteiger partial charge in [0, 0.05) is 23.5 Å². The van der Waals surface area contributed by atoms with E-state index in [-0.39, 0.29) is 28.1 Å². The van der Waals surface area contributed by atoms with Gasteiger partial charge >= 0.3 is 6.03 Å². The van der Waals surface area contributed by atoms with Crippen molar-refractivity contribution < 1.29 is 18.4 Å². The molecule has 1 saturated heterocycles.